The maximum absolute atomic E-state index is 9.07. The molecule has 2 nitrogen and oxygen atoms in total. The largest absolute Gasteiger partial charge is 0.396 e. The monoisotopic (exact) mass is 213 g/mol. The SMILES string of the molecule is CCC(C)(CCO)NC(C)C1CCCC1. The minimum atomic E-state index is 0.122. The maximum Gasteiger partial charge on any atom is 0.0448 e. The van der Waals surface area contributed by atoms with Crippen LogP contribution in [0.2, 0.25) is 0 Å². The first-order valence-electron chi connectivity index (χ1n) is 6.50. The van der Waals surface area contributed by atoms with Gasteiger partial charge in [0.15, 0.2) is 0 Å². The molecule has 0 aliphatic heterocycles. The van der Waals surface area contributed by atoms with E-state index in [1.165, 1.54) is 25.7 Å². The molecule has 2 heteroatoms. The Bertz CT molecular complexity index is 177. The Kier molecular flexibility index (Phi) is 5.07. The second kappa shape index (κ2) is 5.86. The molecule has 1 fully saturated rings. The summed E-state index contributed by atoms with van der Waals surface area (Å²) in [4.78, 5) is 0. The minimum absolute atomic E-state index is 0.122. The first-order chi connectivity index (χ1) is 7.11. The minimum Gasteiger partial charge on any atom is -0.396 e. The first kappa shape index (κ1) is 13.0. The zero-order valence-corrected chi connectivity index (χ0v) is 10.6. The fourth-order valence-corrected chi connectivity index (χ4v) is 2.72. The third-order valence-electron chi connectivity index (χ3n) is 4.13. The molecule has 0 bridgehead atoms. The summed E-state index contributed by atoms with van der Waals surface area (Å²) < 4.78 is 0. The molecule has 0 amide bonds. The van der Waals surface area contributed by atoms with E-state index in [4.69, 9.17) is 5.11 Å². The predicted molar refractivity (Wildman–Crippen MR) is 65.0 cm³/mol. The van der Waals surface area contributed by atoms with Crippen LogP contribution in [0.3, 0.4) is 0 Å². The van der Waals surface area contributed by atoms with E-state index in [0.717, 1.165) is 18.8 Å². The molecule has 0 saturated heterocycles. The number of aliphatic hydroxyl groups is 1. The molecule has 0 aromatic heterocycles. The van der Waals surface area contributed by atoms with Gasteiger partial charge in [0.05, 0.1) is 0 Å². The summed E-state index contributed by atoms with van der Waals surface area (Å²) in [5, 5.41) is 12.8. The lowest BCUT2D eigenvalue weighted by Crippen LogP contribution is -2.49. The summed E-state index contributed by atoms with van der Waals surface area (Å²) in [6.45, 7) is 7.02. The molecule has 0 spiro atoms. The normalized spacial score (nSPS) is 24.0. The van der Waals surface area contributed by atoms with Gasteiger partial charge in [-0.2, -0.15) is 0 Å². The van der Waals surface area contributed by atoms with Crippen molar-refractivity contribution in [2.24, 2.45) is 5.92 Å². The van der Waals surface area contributed by atoms with Crippen LogP contribution in [0.15, 0.2) is 0 Å². The molecule has 0 radical (unpaired) electrons. The van der Waals surface area contributed by atoms with Crippen LogP contribution in [0.4, 0.5) is 0 Å². The van der Waals surface area contributed by atoms with Gasteiger partial charge in [-0.1, -0.05) is 19.8 Å². The van der Waals surface area contributed by atoms with E-state index in [2.05, 4.69) is 26.1 Å². The quantitative estimate of drug-likeness (QED) is 0.711. The van der Waals surface area contributed by atoms with Crippen molar-refractivity contribution >= 4 is 0 Å². The van der Waals surface area contributed by atoms with E-state index in [9.17, 15) is 0 Å². The van der Waals surface area contributed by atoms with Crippen molar-refractivity contribution in [1.82, 2.24) is 5.32 Å². The van der Waals surface area contributed by atoms with E-state index in [1.54, 1.807) is 0 Å². The lowest BCUT2D eigenvalue weighted by molar-refractivity contribution is 0.189. The highest BCUT2D eigenvalue weighted by molar-refractivity contribution is 4.87. The Morgan fingerprint density at radius 3 is 2.47 bits per heavy atom. The molecule has 90 valence electrons. The van der Waals surface area contributed by atoms with Crippen molar-refractivity contribution < 1.29 is 5.11 Å². The summed E-state index contributed by atoms with van der Waals surface area (Å²) in [6.07, 6.45) is 7.52. The standard InChI is InChI=1S/C13H27NO/c1-4-13(3,9-10-15)14-11(2)12-7-5-6-8-12/h11-12,14-15H,4-10H2,1-3H3. The van der Waals surface area contributed by atoms with E-state index in [-0.39, 0.29) is 12.1 Å². The highest BCUT2D eigenvalue weighted by Gasteiger charge is 2.28. The zero-order chi connectivity index (χ0) is 11.3. The third-order valence-corrected chi connectivity index (χ3v) is 4.13. The molecular formula is C13H27NO. The molecule has 0 aromatic rings. The average Bonchev–Trinajstić information content (AvgIpc) is 2.71. The lowest BCUT2D eigenvalue weighted by Gasteiger charge is -2.35. The van der Waals surface area contributed by atoms with Crippen molar-refractivity contribution in [3.05, 3.63) is 0 Å². The van der Waals surface area contributed by atoms with E-state index < -0.39 is 0 Å². The van der Waals surface area contributed by atoms with Gasteiger partial charge in [-0.3, -0.25) is 0 Å². The molecular weight excluding hydrogens is 186 g/mol. The second-order valence-electron chi connectivity index (χ2n) is 5.37. The van der Waals surface area contributed by atoms with Crippen molar-refractivity contribution in [2.75, 3.05) is 6.61 Å². The number of rotatable bonds is 6. The van der Waals surface area contributed by atoms with Crippen molar-refractivity contribution in [2.45, 2.75) is 70.9 Å². The van der Waals surface area contributed by atoms with Crippen LogP contribution in [0.5, 0.6) is 0 Å². The fraction of sp³-hybridized carbons (Fsp3) is 1.00. The van der Waals surface area contributed by atoms with Gasteiger partial charge in [-0.05, 0) is 45.4 Å². The summed E-state index contributed by atoms with van der Waals surface area (Å²) in [7, 11) is 0. The van der Waals surface area contributed by atoms with Gasteiger partial charge in [0.2, 0.25) is 0 Å². The first-order valence-corrected chi connectivity index (χ1v) is 6.50. The van der Waals surface area contributed by atoms with E-state index >= 15 is 0 Å². The van der Waals surface area contributed by atoms with Crippen molar-refractivity contribution in [3.63, 3.8) is 0 Å². The van der Waals surface area contributed by atoms with E-state index in [1.807, 2.05) is 0 Å². The number of hydrogen-bond acceptors (Lipinski definition) is 2. The molecule has 0 heterocycles. The van der Waals surface area contributed by atoms with Crippen LogP contribution in [0.25, 0.3) is 0 Å². The van der Waals surface area contributed by atoms with Crippen molar-refractivity contribution in [3.8, 4) is 0 Å². The number of aliphatic hydroxyl groups excluding tert-OH is 1. The molecule has 1 saturated carbocycles. The maximum atomic E-state index is 9.07. The summed E-state index contributed by atoms with van der Waals surface area (Å²) >= 11 is 0. The number of hydrogen-bond donors (Lipinski definition) is 2. The molecule has 2 atom stereocenters. The Labute approximate surface area is 94.5 Å². The molecule has 2 N–H and O–H groups in total. The van der Waals surface area contributed by atoms with E-state index in [0.29, 0.717) is 6.04 Å². The molecule has 15 heavy (non-hydrogen) atoms. The van der Waals surface area contributed by atoms with Crippen LogP contribution in [-0.4, -0.2) is 23.3 Å². The highest BCUT2D eigenvalue weighted by Crippen LogP contribution is 2.29. The lowest BCUT2D eigenvalue weighted by atomic mass is 9.90. The molecule has 0 aromatic carbocycles. The Morgan fingerprint density at radius 2 is 2.00 bits per heavy atom. The van der Waals surface area contributed by atoms with Crippen LogP contribution in [0.1, 0.15) is 59.3 Å². The summed E-state index contributed by atoms with van der Waals surface area (Å²) in [5.74, 6) is 0.856. The molecule has 1 aliphatic rings. The Morgan fingerprint density at radius 1 is 1.40 bits per heavy atom. The van der Waals surface area contributed by atoms with Crippen LogP contribution < -0.4 is 5.32 Å². The summed E-state index contributed by atoms with van der Waals surface area (Å²) in [5.41, 5.74) is 0.122. The topological polar surface area (TPSA) is 32.3 Å². The van der Waals surface area contributed by atoms with Gasteiger partial charge in [0, 0.05) is 18.2 Å². The zero-order valence-electron chi connectivity index (χ0n) is 10.6. The molecule has 2 unspecified atom stereocenters. The molecule has 1 aliphatic carbocycles. The molecule has 1 rings (SSSR count). The van der Waals surface area contributed by atoms with Crippen LogP contribution >= 0.6 is 0 Å². The predicted octanol–water partition coefficient (Wildman–Crippen LogP) is 2.71. The Hall–Kier alpha value is -0.0800. The average molecular weight is 213 g/mol. The summed E-state index contributed by atoms with van der Waals surface area (Å²) in [6, 6.07) is 0.601. The third kappa shape index (κ3) is 3.76. The van der Waals surface area contributed by atoms with Gasteiger partial charge in [0.1, 0.15) is 0 Å². The van der Waals surface area contributed by atoms with Crippen LogP contribution in [0, 0.1) is 5.92 Å². The second-order valence-corrected chi connectivity index (χ2v) is 5.37. The fourth-order valence-electron chi connectivity index (χ4n) is 2.72. The smallest absolute Gasteiger partial charge is 0.0448 e. The van der Waals surface area contributed by atoms with Gasteiger partial charge < -0.3 is 10.4 Å². The van der Waals surface area contributed by atoms with Crippen molar-refractivity contribution in [1.29, 1.82) is 0 Å². The van der Waals surface area contributed by atoms with Crippen LogP contribution in [-0.2, 0) is 0 Å². The van der Waals surface area contributed by atoms with Gasteiger partial charge in [-0.15, -0.1) is 0 Å². The van der Waals surface area contributed by atoms with Gasteiger partial charge >= 0.3 is 0 Å². The number of nitrogens with one attached hydrogen (secondary N) is 1. The highest BCUT2D eigenvalue weighted by atomic mass is 16.3. The van der Waals surface area contributed by atoms with Gasteiger partial charge in [0.25, 0.3) is 0 Å². The van der Waals surface area contributed by atoms with Gasteiger partial charge in [-0.25, -0.2) is 0 Å². The Balaban J connectivity index is 2.42.